The molecule has 0 bridgehead atoms. The third-order valence-corrected chi connectivity index (χ3v) is 3.99. The van der Waals surface area contributed by atoms with E-state index in [-0.39, 0.29) is 0 Å². The normalized spacial score (nSPS) is 11.1. The van der Waals surface area contributed by atoms with Crippen molar-refractivity contribution in [1.82, 2.24) is 14.8 Å². The largest absolute Gasteiger partial charge is 0.275 e. The van der Waals surface area contributed by atoms with E-state index in [0.29, 0.717) is 0 Å². The van der Waals surface area contributed by atoms with Gasteiger partial charge in [-0.15, -0.1) is 11.3 Å². The lowest BCUT2D eigenvalue weighted by Gasteiger charge is -1.89. The van der Waals surface area contributed by atoms with Gasteiger partial charge in [-0.1, -0.05) is 11.6 Å². The van der Waals surface area contributed by atoms with Crippen molar-refractivity contribution in [1.29, 1.82) is 0 Å². The van der Waals surface area contributed by atoms with E-state index in [9.17, 15) is 0 Å². The predicted octanol–water partition coefficient (Wildman–Crippen LogP) is 3.35. The number of thiophene rings is 1. The summed E-state index contributed by atoms with van der Waals surface area (Å²) >= 11 is 7.76. The Hall–Kier alpha value is -1.39. The van der Waals surface area contributed by atoms with E-state index in [1.807, 2.05) is 31.6 Å². The highest BCUT2D eigenvalue weighted by molar-refractivity contribution is 7.22. The molecule has 3 aromatic rings. The zero-order valence-corrected chi connectivity index (χ0v) is 10.1. The Balaban J connectivity index is 2.22. The highest BCUT2D eigenvalue weighted by Gasteiger charge is 2.08. The molecule has 3 heterocycles. The Morgan fingerprint density at radius 1 is 1.44 bits per heavy atom. The van der Waals surface area contributed by atoms with Gasteiger partial charge < -0.3 is 0 Å². The second-order valence-corrected chi connectivity index (χ2v) is 4.98. The average molecular weight is 250 g/mol. The summed E-state index contributed by atoms with van der Waals surface area (Å²) in [6.45, 7) is 0. The zero-order chi connectivity index (χ0) is 11.1. The standard InChI is InChI=1S/C11H8ClN3S/c1-15-6-7(5-14-15)10-4-9-11(16-10)8(12)2-3-13-9/h2-6H,1H3. The SMILES string of the molecule is Cn1cc(-c2cc3nccc(Cl)c3s2)cn1. The number of hydrogen-bond donors (Lipinski definition) is 0. The molecule has 0 aromatic carbocycles. The summed E-state index contributed by atoms with van der Waals surface area (Å²) < 4.78 is 2.82. The molecule has 0 amide bonds. The van der Waals surface area contributed by atoms with Gasteiger partial charge in [-0.25, -0.2) is 0 Å². The Bertz CT molecular complexity index is 656. The summed E-state index contributed by atoms with van der Waals surface area (Å²) in [7, 11) is 1.90. The molecule has 0 aliphatic carbocycles. The minimum Gasteiger partial charge on any atom is -0.275 e. The third-order valence-electron chi connectivity index (χ3n) is 2.35. The first-order chi connectivity index (χ1) is 7.74. The summed E-state index contributed by atoms with van der Waals surface area (Å²) in [5, 5.41) is 4.91. The molecule has 0 saturated carbocycles. The lowest BCUT2D eigenvalue weighted by molar-refractivity contribution is 0.768. The zero-order valence-electron chi connectivity index (χ0n) is 8.51. The van der Waals surface area contributed by atoms with Crippen molar-refractivity contribution in [3.8, 4) is 10.4 Å². The quantitative estimate of drug-likeness (QED) is 0.662. The molecule has 0 aliphatic heterocycles. The molecule has 0 radical (unpaired) electrons. The third kappa shape index (κ3) is 1.50. The summed E-state index contributed by atoms with van der Waals surface area (Å²) in [5.74, 6) is 0. The van der Waals surface area contributed by atoms with Crippen LogP contribution >= 0.6 is 22.9 Å². The lowest BCUT2D eigenvalue weighted by Crippen LogP contribution is -1.83. The van der Waals surface area contributed by atoms with Crippen LogP contribution in [0.25, 0.3) is 20.7 Å². The molecule has 3 rings (SSSR count). The van der Waals surface area contributed by atoms with Crippen LogP contribution < -0.4 is 0 Å². The Labute approximate surface area is 101 Å². The Morgan fingerprint density at radius 3 is 3.00 bits per heavy atom. The van der Waals surface area contributed by atoms with Crippen LogP contribution in [0.5, 0.6) is 0 Å². The van der Waals surface area contributed by atoms with Crippen molar-refractivity contribution >= 4 is 33.2 Å². The molecule has 0 fully saturated rings. The van der Waals surface area contributed by atoms with E-state index >= 15 is 0 Å². The van der Waals surface area contributed by atoms with Crippen molar-refractivity contribution in [3.63, 3.8) is 0 Å². The van der Waals surface area contributed by atoms with Crippen LogP contribution in [0.3, 0.4) is 0 Å². The number of aryl methyl sites for hydroxylation is 1. The van der Waals surface area contributed by atoms with Gasteiger partial charge in [-0.05, 0) is 12.1 Å². The number of nitrogens with zero attached hydrogens (tertiary/aromatic N) is 3. The van der Waals surface area contributed by atoms with Gasteiger partial charge in [-0.3, -0.25) is 9.67 Å². The van der Waals surface area contributed by atoms with Gasteiger partial charge >= 0.3 is 0 Å². The van der Waals surface area contributed by atoms with E-state index in [0.717, 1.165) is 25.7 Å². The van der Waals surface area contributed by atoms with Gasteiger partial charge in [0.05, 0.1) is 21.4 Å². The first kappa shape index (κ1) is 9.81. The fourth-order valence-corrected chi connectivity index (χ4v) is 2.86. The minimum atomic E-state index is 0.755. The molecule has 3 aromatic heterocycles. The van der Waals surface area contributed by atoms with Crippen LogP contribution in [0, 0.1) is 0 Å². The van der Waals surface area contributed by atoms with Crippen LogP contribution in [0.1, 0.15) is 0 Å². The van der Waals surface area contributed by atoms with Crippen molar-refractivity contribution in [3.05, 3.63) is 35.7 Å². The molecule has 0 N–H and O–H groups in total. The number of aromatic nitrogens is 3. The topological polar surface area (TPSA) is 30.7 Å². The predicted molar refractivity (Wildman–Crippen MR) is 66.8 cm³/mol. The highest BCUT2D eigenvalue weighted by Crippen LogP contribution is 2.35. The fraction of sp³-hybridized carbons (Fsp3) is 0.0909. The van der Waals surface area contributed by atoms with Crippen LogP contribution in [0.4, 0.5) is 0 Å². The average Bonchev–Trinajstić information content (AvgIpc) is 2.84. The lowest BCUT2D eigenvalue weighted by atomic mass is 10.3. The Kier molecular flexibility index (Phi) is 2.19. The van der Waals surface area contributed by atoms with E-state index in [2.05, 4.69) is 10.1 Å². The van der Waals surface area contributed by atoms with Crippen molar-refractivity contribution in [2.24, 2.45) is 7.05 Å². The van der Waals surface area contributed by atoms with Crippen molar-refractivity contribution in [2.75, 3.05) is 0 Å². The molecular formula is C11H8ClN3S. The number of rotatable bonds is 1. The van der Waals surface area contributed by atoms with Crippen LogP contribution in [-0.4, -0.2) is 14.8 Å². The molecule has 0 unspecified atom stereocenters. The maximum absolute atomic E-state index is 6.11. The molecule has 0 spiro atoms. The van der Waals surface area contributed by atoms with E-state index in [1.54, 1.807) is 22.2 Å². The summed E-state index contributed by atoms with van der Waals surface area (Å²) in [4.78, 5) is 5.44. The first-order valence-electron chi connectivity index (χ1n) is 4.77. The van der Waals surface area contributed by atoms with Crippen molar-refractivity contribution < 1.29 is 0 Å². The van der Waals surface area contributed by atoms with E-state index in [4.69, 9.17) is 11.6 Å². The molecule has 5 heteroatoms. The minimum absolute atomic E-state index is 0.755. The number of pyridine rings is 1. The second kappa shape index (κ2) is 3.57. The van der Waals surface area contributed by atoms with Crippen LogP contribution in [0.15, 0.2) is 30.7 Å². The summed E-state index contributed by atoms with van der Waals surface area (Å²) in [6.07, 6.45) is 5.56. The highest BCUT2D eigenvalue weighted by atomic mass is 35.5. The molecule has 16 heavy (non-hydrogen) atoms. The van der Waals surface area contributed by atoms with Gasteiger partial charge in [0, 0.05) is 29.9 Å². The van der Waals surface area contributed by atoms with Crippen LogP contribution in [0.2, 0.25) is 5.02 Å². The maximum Gasteiger partial charge on any atom is 0.0831 e. The van der Waals surface area contributed by atoms with Gasteiger partial charge in [0.1, 0.15) is 0 Å². The number of hydrogen-bond acceptors (Lipinski definition) is 3. The summed E-state index contributed by atoms with van der Waals surface area (Å²) in [6, 6.07) is 3.86. The number of halogens is 1. The first-order valence-corrected chi connectivity index (χ1v) is 5.96. The molecular weight excluding hydrogens is 242 g/mol. The van der Waals surface area contributed by atoms with Gasteiger partial charge in [-0.2, -0.15) is 5.10 Å². The van der Waals surface area contributed by atoms with Crippen molar-refractivity contribution in [2.45, 2.75) is 0 Å². The number of fused-ring (bicyclic) bond motifs is 1. The van der Waals surface area contributed by atoms with E-state index in [1.165, 1.54) is 0 Å². The molecule has 80 valence electrons. The van der Waals surface area contributed by atoms with E-state index < -0.39 is 0 Å². The fourth-order valence-electron chi connectivity index (χ4n) is 1.60. The maximum atomic E-state index is 6.11. The molecule has 0 aliphatic rings. The molecule has 0 atom stereocenters. The second-order valence-electron chi connectivity index (χ2n) is 3.52. The summed E-state index contributed by atoms with van der Waals surface area (Å²) in [5.41, 5.74) is 2.04. The molecule has 3 nitrogen and oxygen atoms in total. The van der Waals surface area contributed by atoms with Gasteiger partial charge in [0.2, 0.25) is 0 Å². The monoisotopic (exact) mass is 249 g/mol. The Morgan fingerprint density at radius 2 is 2.31 bits per heavy atom. The smallest absolute Gasteiger partial charge is 0.0831 e. The van der Waals surface area contributed by atoms with Gasteiger partial charge in [0.15, 0.2) is 0 Å². The molecule has 0 saturated heterocycles. The van der Waals surface area contributed by atoms with Crippen LogP contribution in [-0.2, 0) is 7.05 Å². The van der Waals surface area contributed by atoms with Gasteiger partial charge in [0.25, 0.3) is 0 Å².